The first-order chi connectivity index (χ1) is 13.5. The number of methoxy groups -OCH3 is 2. The van der Waals surface area contributed by atoms with Gasteiger partial charge in [0.15, 0.2) is 0 Å². The van der Waals surface area contributed by atoms with Gasteiger partial charge in [-0.15, -0.1) is 12.4 Å². The molecule has 7 nitrogen and oxygen atoms in total. The van der Waals surface area contributed by atoms with E-state index in [1.54, 1.807) is 32.4 Å². The SMILES string of the molecule is COc1ccc(C(=O)N2CCC(NC(=O)C[C@@H]3CCC[C@H]3N)CC2)c(OC)c1.Cl. The van der Waals surface area contributed by atoms with Crippen LogP contribution in [0.5, 0.6) is 11.5 Å². The van der Waals surface area contributed by atoms with Crippen LogP contribution in [0.2, 0.25) is 0 Å². The molecule has 3 rings (SSSR count). The van der Waals surface area contributed by atoms with Crippen molar-refractivity contribution in [3.63, 3.8) is 0 Å². The maximum Gasteiger partial charge on any atom is 0.257 e. The number of amides is 2. The minimum Gasteiger partial charge on any atom is -0.497 e. The molecule has 2 amide bonds. The summed E-state index contributed by atoms with van der Waals surface area (Å²) >= 11 is 0. The summed E-state index contributed by atoms with van der Waals surface area (Å²) in [6, 6.07) is 5.49. The molecule has 3 N–H and O–H groups in total. The highest BCUT2D eigenvalue weighted by Gasteiger charge is 2.29. The molecule has 1 heterocycles. The monoisotopic (exact) mass is 425 g/mol. The number of carbonyl (C=O) groups is 2. The third kappa shape index (κ3) is 5.76. The number of hydrogen-bond donors (Lipinski definition) is 2. The molecule has 1 aliphatic carbocycles. The molecule has 0 radical (unpaired) electrons. The molecule has 0 bridgehead atoms. The normalized spacial score (nSPS) is 22.0. The summed E-state index contributed by atoms with van der Waals surface area (Å²) in [7, 11) is 3.12. The highest BCUT2D eigenvalue weighted by molar-refractivity contribution is 5.97. The Morgan fingerprint density at radius 3 is 2.45 bits per heavy atom. The molecule has 1 aromatic carbocycles. The van der Waals surface area contributed by atoms with Crippen molar-refractivity contribution in [3.8, 4) is 11.5 Å². The second-order valence-electron chi connectivity index (χ2n) is 7.76. The zero-order valence-electron chi connectivity index (χ0n) is 17.2. The zero-order valence-corrected chi connectivity index (χ0v) is 18.0. The standard InChI is InChI=1S/C21H31N3O4.ClH/c1-27-16-6-7-17(19(13-16)28-2)21(26)24-10-8-15(9-11-24)23-20(25)12-14-4-3-5-18(14)22;/h6-7,13-15,18H,3-5,8-12,22H2,1-2H3,(H,23,25);1H/t14-,18+;/m0./s1. The van der Waals surface area contributed by atoms with E-state index in [9.17, 15) is 9.59 Å². The Labute approximate surface area is 178 Å². The van der Waals surface area contributed by atoms with Gasteiger partial charge in [-0.05, 0) is 43.7 Å². The van der Waals surface area contributed by atoms with Crippen LogP contribution in [-0.2, 0) is 4.79 Å². The highest BCUT2D eigenvalue weighted by atomic mass is 35.5. The van der Waals surface area contributed by atoms with Gasteiger partial charge in [0, 0.05) is 37.7 Å². The van der Waals surface area contributed by atoms with Gasteiger partial charge in [0.25, 0.3) is 5.91 Å². The van der Waals surface area contributed by atoms with Crippen LogP contribution >= 0.6 is 12.4 Å². The predicted octanol–water partition coefficient (Wildman–Crippen LogP) is 2.36. The van der Waals surface area contributed by atoms with Gasteiger partial charge in [0.05, 0.1) is 19.8 Å². The number of nitrogens with zero attached hydrogens (tertiary/aromatic N) is 1. The van der Waals surface area contributed by atoms with Crippen LogP contribution < -0.4 is 20.5 Å². The molecule has 1 saturated carbocycles. The van der Waals surface area contributed by atoms with E-state index in [1.165, 1.54) is 0 Å². The lowest BCUT2D eigenvalue weighted by Gasteiger charge is -2.33. The molecule has 2 fully saturated rings. The van der Waals surface area contributed by atoms with Gasteiger partial charge in [0.2, 0.25) is 5.91 Å². The number of nitrogens with one attached hydrogen (secondary N) is 1. The first kappa shape index (κ1) is 23.3. The van der Waals surface area contributed by atoms with Crippen LogP contribution in [-0.4, -0.2) is 56.1 Å². The van der Waals surface area contributed by atoms with Gasteiger partial charge >= 0.3 is 0 Å². The minimum atomic E-state index is -0.0544. The number of nitrogens with two attached hydrogens (primary N) is 1. The average molecular weight is 426 g/mol. The Balaban J connectivity index is 0.00000300. The van der Waals surface area contributed by atoms with Crippen LogP contribution in [0, 0.1) is 5.92 Å². The van der Waals surface area contributed by atoms with Crippen LogP contribution in [0.3, 0.4) is 0 Å². The Bertz CT molecular complexity index is 707. The van der Waals surface area contributed by atoms with E-state index in [-0.39, 0.29) is 36.3 Å². The fourth-order valence-electron chi connectivity index (χ4n) is 4.22. The first-order valence-corrected chi connectivity index (χ1v) is 10.1. The molecule has 1 aromatic rings. The lowest BCUT2D eigenvalue weighted by molar-refractivity contribution is -0.123. The number of carbonyl (C=O) groups excluding carboxylic acids is 2. The maximum atomic E-state index is 12.9. The summed E-state index contributed by atoms with van der Waals surface area (Å²) in [5.41, 5.74) is 6.60. The quantitative estimate of drug-likeness (QED) is 0.729. The summed E-state index contributed by atoms with van der Waals surface area (Å²) in [5.74, 6) is 1.50. The van der Waals surface area contributed by atoms with Gasteiger partial charge in [-0.2, -0.15) is 0 Å². The predicted molar refractivity (Wildman–Crippen MR) is 114 cm³/mol. The molecule has 8 heteroatoms. The van der Waals surface area contributed by atoms with Crippen molar-refractivity contribution >= 4 is 24.2 Å². The molecule has 162 valence electrons. The van der Waals surface area contributed by atoms with Gasteiger partial charge < -0.3 is 25.4 Å². The van der Waals surface area contributed by atoms with E-state index in [0.29, 0.717) is 42.5 Å². The van der Waals surface area contributed by atoms with Crippen molar-refractivity contribution in [2.24, 2.45) is 11.7 Å². The van der Waals surface area contributed by atoms with Crippen molar-refractivity contribution in [1.82, 2.24) is 10.2 Å². The van der Waals surface area contributed by atoms with E-state index in [0.717, 1.165) is 32.1 Å². The van der Waals surface area contributed by atoms with E-state index in [1.807, 2.05) is 4.90 Å². The van der Waals surface area contributed by atoms with Gasteiger partial charge in [-0.25, -0.2) is 0 Å². The van der Waals surface area contributed by atoms with Crippen molar-refractivity contribution in [2.45, 2.75) is 50.6 Å². The van der Waals surface area contributed by atoms with Crippen molar-refractivity contribution < 1.29 is 19.1 Å². The molecule has 29 heavy (non-hydrogen) atoms. The third-order valence-corrected chi connectivity index (χ3v) is 5.95. The number of halogens is 1. The fourth-order valence-corrected chi connectivity index (χ4v) is 4.22. The molecule has 1 saturated heterocycles. The largest absolute Gasteiger partial charge is 0.497 e. The third-order valence-electron chi connectivity index (χ3n) is 5.95. The Hall–Kier alpha value is -1.99. The van der Waals surface area contributed by atoms with Gasteiger partial charge in [0.1, 0.15) is 11.5 Å². The molecule has 1 aliphatic heterocycles. The van der Waals surface area contributed by atoms with Crippen molar-refractivity contribution in [1.29, 1.82) is 0 Å². The summed E-state index contributed by atoms with van der Waals surface area (Å²) in [6.07, 6.45) is 5.22. The maximum absolute atomic E-state index is 12.9. The van der Waals surface area contributed by atoms with E-state index in [4.69, 9.17) is 15.2 Å². The van der Waals surface area contributed by atoms with Gasteiger partial charge in [-0.3, -0.25) is 9.59 Å². The molecule has 0 aromatic heterocycles. The average Bonchev–Trinajstić information content (AvgIpc) is 3.11. The minimum absolute atomic E-state index is 0. The fraction of sp³-hybridized carbons (Fsp3) is 0.619. The van der Waals surface area contributed by atoms with Crippen LogP contribution in [0.4, 0.5) is 0 Å². The summed E-state index contributed by atoms with van der Waals surface area (Å²) in [4.78, 5) is 27.0. The summed E-state index contributed by atoms with van der Waals surface area (Å²) < 4.78 is 10.5. The topological polar surface area (TPSA) is 93.9 Å². The number of hydrogen-bond acceptors (Lipinski definition) is 5. The van der Waals surface area contributed by atoms with Crippen molar-refractivity contribution in [3.05, 3.63) is 23.8 Å². The second kappa shape index (κ2) is 10.7. The molecular weight excluding hydrogens is 394 g/mol. The molecule has 0 unspecified atom stereocenters. The van der Waals surface area contributed by atoms with Gasteiger partial charge in [-0.1, -0.05) is 6.42 Å². The van der Waals surface area contributed by atoms with Crippen LogP contribution in [0.25, 0.3) is 0 Å². The summed E-state index contributed by atoms with van der Waals surface area (Å²) in [6.45, 7) is 1.23. The molecular formula is C21H32ClN3O4. The Morgan fingerprint density at radius 1 is 1.14 bits per heavy atom. The summed E-state index contributed by atoms with van der Waals surface area (Å²) in [5, 5.41) is 3.13. The van der Waals surface area contributed by atoms with Crippen molar-refractivity contribution in [2.75, 3.05) is 27.3 Å². The highest BCUT2D eigenvalue weighted by Crippen LogP contribution is 2.28. The Morgan fingerprint density at radius 2 is 1.86 bits per heavy atom. The number of ether oxygens (including phenoxy) is 2. The smallest absolute Gasteiger partial charge is 0.257 e. The first-order valence-electron chi connectivity index (χ1n) is 10.1. The molecule has 0 spiro atoms. The number of piperidine rings is 1. The van der Waals surface area contributed by atoms with Crippen LogP contribution in [0.1, 0.15) is 48.9 Å². The Kier molecular flexibility index (Phi) is 8.59. The zero-order chi connectivity index (χ0) is 20.1. The van der Waals surface area contributed by atoms with E-state index in [2.05, 4.69) is 5.32 Å². The number of benzene rings is 1. The lowest BCUT2D eigenvalue weighted by Crippen LogP contribution is -2.47. The lowest BCUT2D eigenvalue weighted by atomic mass is 9.98. The van der Waals surface area contributed by atoms with E-state index < -0.39 is 0 Å². The molecule has 2 aliphatic rings. The second-order valence-corrected chi connectivity index (χ2v) is 7.76. The van der Waals surface area contributed by atoms with Crippen LogP contribution in [0.15, 0.2) is 18.2 Å². The van der Waals surface area contributed by atoms with E-state index >= 15 is 0 Å². The number of likely N-dealkylation sites (tertiary alicyclic amines) is 1. The molecule has 2 atom stereocenters. The number of rotatable bonds is 6.